The van der Waals surface area contributed by atoms with E-state index in [9.17, 15) is 4.79 Å². The van der Waals surface area contributed by atoms with E-state index in [0.29, 0.717) is 22.4 Å². The molecule has 0 bridgehead atoms. The van der Waals surface area contributed by atoms with Crippen LogP contribution in [0.5, 0.6) is 11.5 Å². The van der Waals surface area contributed by atoms with Crippen molar-refractivity contribution in [1.82, 2.24) is 10.3 Å². The van der Waals surface area contributed by atoms with Gasteiger partial charge in [-0.05, 0) is 24.6 Å². The summed E-state index contributed by atoms with van der Waals surface area (Å²) in [6.07, 6.45) is 0.505. The largest absolute Gasteiger partial charge is 0.493 e. The molecule has 0 aliphatic carbocycles. The minimum absolute atomic E-state index is 0.175. The van der Waals surface area contributed by atoms with Crippen LogP contribution in [0.25, 0.3) is 5.70 Å². The van der Waals surface area contributed by atoms with Gasteiger partial charge in [0.05, 0.1) is 19.6 Å². The van der Waals surface area contributed by atoms with Crippen LogP contribution in [-0.4, -0.2) is 36.1 Å². The first-order valence-corrected chi connectivity index (χ1v) is 10.4. The molecule has 0 unspecified atom stereocenters. The van der Waals surface area contributed by atoms with Crippen LogP contribution in [0.15, 0.2) is 52.6 Å². The zero-order valence-electron chi connectivity index (χ0n) is 16.5. The van der Waals surface area contributed by atoms with Crippen molar-refractivity contribution in [2.45, 2.75) is 19.5 Å². The van der Waals surface area contributed by atoms with E-state index in [0.717, 1.165) is 28.3 Å². The van der Waals surface area contributed by atoms with Crippen LogP contribution >= 0.6 is 11.8 Å². The minimum Gasteiger partial charge on any atom is -0.493 e. The van der Waals surface area contributed by atoms with Crippen molar-refractivity contribution in [3.63, 3.8) is 0 Å². The number of nitrogens with zero attached hydrogens (tertiary/aromatic N) is 3. The van der Waals surface area contributed by atoms with Gasteiger partial charge in [0, 0.05) is 16.5 Å². The first-order chi connectivity index (χ1) is 14.2. The highest BCUT2D eigenvalue weighted by atomic mass is 32.2. The molecule has 0 saturated heterocycles. The highest BCUT2D eigenvalue weighted by Gasteiger charge is 2.34. The predicted molar refractivity (Wildman–Crippen MR) is 113 cm³/mol. The van der Waals surface area contributed by atoms with E-state index in [1.54, 1.807) is 19.2 Å². The van der Waals surface area contributed by atoms with Crippen LogP contribution in [0.4, 0.5) is 0 Å². The van der Waals surface area contributed by atoms with Gasteiger partial charge in [0.25, 0.3) is 5.91 Å². The number of ether oxygens (including phenoxy) is 2. The van der Waals surface area contributed by atoms with Crippen molar-refractivity contribution in [2.24, 2.45) is 10.1 Å². The van der Waals surface area contributed by atoms with E-state index in [-0.39, 0.29) is 5.91 Å². The Bertz CT molecular complexity index is 1100. The lowest BCUT2D eigenvalue weighted by atomic mass is 10.1. The minimum atomic E-state index is -0.483. The van der Waals surface area contributed by atoms with Crippen molar-refractivity contribution in [1.29, 1.82) is 0 Å². The Balaban J connectivity index is 1.88. The second-order valence-electron chi connectivity index (χ2n) is 6.54. The average molecular weight is 410 g/mol. The van der Waals surface area contributed by atoms with Gasteiger partial charge in [0.1, 0.15) is 5.70 Å². The van der Waals surface area contributed by atoms with Gasteiger partial charge < -0.3 is 9.47 Å². The molecule has 2 heterocycles. The molecule has 2 aliphatic heterocycles. The third kappa shape index (κ3) is 3.55. The Kier molecular flexibility index (Phi) is 5.44. The van der Waals surface area contributed by atoms with Crippen LogP contribution in [0.2, 0.25) is 0 Å². The van der Waals surface area contributed by atoms with Gasteiger partial charge in [-0.15, -0.1) is 5.10 Å². The summed E-state index contributed by atoms with van der Waals surface area (Å²) in [4.78, 5) is 17.9. The summed E-state index contributed by atoms with van der Waals surface area (Å²) in [7, 11) is 3.19. The number of methoxy groups -OCH3 is 2. The number of amides is 1. The maximum atomic E-state index is 13.0. The lowest BCUT2D eigenvalue weighted by Gasteiger charge is -2.34. The third-order valence-corrected chi connectivity index (χ3v) is 5.73. The summed E-state index contributed by atoms with van der Waals surface area (Å²) >= 11 is 1.53. The Morgan fingerprint density at radius 1 is 1.14 bits per heavy atom. The smallest absolute Gasteiger partial charge is 0.276 e. The van der Waals surface area contributed by atoms with E-state index in [1.807, 2.05) is 42.5 Å². The molecule has 1 N–H and O–H groups in total. The Hall–Kier alpha value is -3.00. The molecule has 8 heteroatoms. The second kappa shape index (κ2) is 8.16. The third-order valence-electron chi connectivity index (χ3n) is 4.66. The standard InChI is InChI=1S/C21H22N4O3S/c1-4-11-29-21-23-20(26)18-14-7-5-6-8-15(14)22-19(25(18)24-21)13-9-10-16(27-2)17(12-13)28-3/h5-10,12,19H,4,11H2,1-3H3,(H,23,24,26)/t19-/m1/s1. The number of hydrogen-bond donors (Lipinski definition) is 1. The number of fused-ring (bicyclic) bond motifs is 2. The maximum absolute atomic E-state index is 13.0. The van der Waals surface area contributed by atoms with Crippen LogP contribution in [0, 0.1) is 0 Å². The maximum Gasteiger partial charge on any atom is 0.276 e. The Morgan fingerprint density at radius 2 is 1.93 bits per heavy atom. The molecule has 1 amide bonds. The zero-order chi connectivity index (χ0) is 20.4. The number of benzene rings is 2. The molecule has 0 fully saturated rings. The van der Waals surface area contributed by atoms with Crippen molar-refractivity contribution in [2.75, 3.05) is 20.0 Å². The molecular weight excluding hydrogens is 388 g/mol. The lowest BCUT2D eigenvalue weighted by molar-refractivity contribution is -0.116. The number of hydrazone groups is 1. The molecule has 4 rings (SSSR count). The van der Waals surface area contributed by atoms with Crippen LogP contribution in [-0.2, 0) is 4.79 Å². The summed E-state index contributed by atoms with van der Waals surface area (Å²) in [6.45, 7) is 2.09. The number of carbonyl (C=O) groups is 1. The molecule has 150 valence electrons. The monoisotopic (exact) mass is 410 g/mol. The van der Waals surface area contributed by atoms with Crippen LogP contribution in [0.1, 0.15) is 25.1 Å². The summed E-state index contributed by atoms with van der Waals surface area (Å²) in [5.74, 6) is 1.94. The van der Waals surface area contributed by atoms with Crippen molar-refractivity contribution in [3.8, 4) is 11.5 Å². The SMILES string of the molecule is CCCSC1=NN2C(=c3ccccc3=N[C@H]2c2ccc(OC)c(OC)c2)C(=O)N1. The quantitative estimate of drug-likeness (QED) is 0.816. The topological polar surface area (TPSA) is 75.5 Å². The highest BCUT2D eigenvalue weighted by molar-refractivity contribution is 8.13. The number of amidine groups is 1. The molecule has 0 saturated carbocycles. The fourth-order valence-electron chi connectivity index (χ4n) is 3.32. The lowest BCUT2D eigenvalue weighted by Crippen LogP contribution is -2.50. The van der Waals surface area contributed by atoms with Crippen LogP contribution in [0.3, 0.4) is 0 Å². The molecular formula is C21H22N4O3S. The summed E-state index contributed by atoms with van der Waals surface area (Å²) < 4.78 is 10.8. The van der Waals surface area contributed by atoms with E-state index in [2.05, 4.69) is 12.2 Å². The average Bonchev–Trinajstić information content (AvgIpc) is 2.76. The van der Waals surface area contributed by atoms with Crippen LogP contribution < -0.4 is 25.4 Å². The fraction of sp³-hybridized carbons (Fsp3) is 0.286. The Labute approximate surface area is 173 Å². The molecule has 1 atom stereocenters. The first-order valence-electron chi connectivity index (χ1n) is 9.37. The van der Waals surface area contributed by atoms with Gasteiger partial charge in [0.15, 0.2) is 22.8 Å². The molecule has 7 nitrogen and oxygen atoms in total. The van der Waals surface area contributed by atoms with E-state index < -0.39 is 6.17 Å². The van der Waals surface area contributed by atoms with Gasteiger partial charge in [-0.1, -0.05) is 43.0 Å². The molecule has 2 aromatic carbocycles. The van der Waals surface area contributed by atoms with Crippen molar-refractivity contribution >= 4 is 28.5 Å². The number of nitrogens with one attached hydrogen (secondary N) is 1. The molecule has 0 radical (unpaired) electrons. The number of rotatable bonds is 5. The number of thioether (sulfide) groups is 1. The number of carbonyl (C=O) groups excluding carboxylic acids is 1. The van der Waals surface area contributed by atoms with Gasteiger partial charge in [-0.3, -0.25) is 15.1 Å². The van der Waals surface area contributed by atoms with Gasteiger partial charge in [-0.2, -0.15) is 0 Å². The zero-order valence-corrected chi connectivity index (χ0v) is 17.3. The molecule has 2 aliphatic rings. The van der Waals surface area contributed by atoms with E-state index in [1.165, 1.54) is 11.8 Å². The predicted octanol–water partition coefficient (Wildman–Crippen LogP) is 1.99. The highest BCUT2D eigenvalue weighted by Crippen LogP contribution is 2.35. The Morgan fingerprint density at radius 3 is 2.69 bits per heavy atom. The summed E-state index contributed by atoms with van der Waals surface area (Å²) in [6, 6.07) is 13.2. The molecule has 29 heavy (non-hydrogen) atoms. The van der Waals surface area contributed by atoms with Gasteiger partial charge in [-0.25, -0.2) is 5.01 Å². The van der Waals surface area contributed by atoms with E-state index in [4.69, 9.17) is 19.6 Å². The molecule has 2 aromatic rings. The fourth-order valence-corrected chi connectivity index (χ4v) is 4.03. The van der Waals surface area contributed by atoms with Crippen molar-refractivity contribution in [3.05, 3.63) is 58.6 Å². The second-order valence-corrected chi connectivity index (χ2v) is 7.62. The number of hydrogen-bond acceptors (Lipinski definition) is 7. The first kappa shape index (κ1) is 19.3. The molecule has 0 spiro atoms. The van der Waals surface area contributed by atoms with E-state index >= 15 is 0 Å². The van der Waals surface area contributed by atoms with Crippen molar-refractivity contribution < 1.29 is 14.3 Å². The normalized spacial score (nSPS) is 17.6. The number of para-hydroxylation sites is 1. The summed E-state index contributed by atoms with van der Waals surface area (Å²) in [5, 5.41) is 11.5. The summed E-state index contributed by atoms with van der Waals surface area (Å²) in [5.41, 5.74) is 1.35. The molecule has 0 aromatic heterocycles. The van der Waals surface area contributed by atoms with Gasteiger partial charge in [0.2, 0.25) is 0 Å². The van der Waals surface area contributed by atoms with Gasteiger partial charge >= 0.3 is 0 Å².